The first-order valence-corrected chi connectivity index (χ1v) is 11.4. The summed E-state index contributed by atoms with van der Waals surface area (Å²) >= 11 is 6.52. The van der Waals surface area contributed by atoms with Gasteiger partial charge in [-0.1, -0.05) is 66.2 Å². The Kier molecular flexibility index (Phi) is 7.33. The van der Waals surface area contributed by atoms with Crippen molar-refractivity contribution in [1.82, 2.24) is 4.90 Å². The van der Waals surface area contributed by atoms with Crippen molar-refractivity contribution in [1.29, 1.82) is 0 Å². The van der Waals surface area contributed by atoms with Crippen molar-refractivity contribution in [3.63, 3.8) is 0 Å². The molecule has 0 saturated carbocycles. The molecule has 0 spiro atoms. The molecule has 1 heterocycles. The molecule has 4 rings (SSSR count). The van der Waals surface area contributed by atoms with E-state index in [1.165, 1.54) is 16.7 Å². The van der Waals surface area contributed by atoms with Crippen molar-refractivity contribution in [2.75, 3.05) is 13.7 Å². The van der Waals surface area contributed by atoms with Gasteiger partial charge in [-0.3, -0.25) is 9.69 Å². The summed E-state index contributed by atoms with van der Waals surface area (Å²) in [6.07, 6.45) is 0.418. The fourth-order valence-corrected chi connectivity index (χ4v) is 4.64. The van der Waals surface area contributed by atoms with Crippen molar-refractivity contribution < 1.29 is 19.4 Å². The molecule has 3 aromatic rings. The third-order valence-electron chi connectivity index (χ3n) is 6.28. The summed E-state index contributed by atoms with van der Waals surface area (Å²) in [6, 6.07) is 21.6. The number of carboxylic acid groups (broad SMARTS) is 1. The van der Waals surface area contributed by atoms with E-state index in [0.29, 0.717) is 36.9 Å². The predicted molar refractivity (Wildman–Crippen MR) is 130 cm³/mol. The van der Waals surface area contributed by atoms with E-state index in [4.69, 9.17) is 21.1 Å². The number of hydrogen-bond acceptors (Lipinski definition) is 4. The zero-order valence-electron chi connectivity index (χ0n) is 18.8. The van der Waals surface area contributed by atoms with Crippen LogP contribution in [-0.4, -0.2) is 41.8 Å². The molecule has 172 valence electrons. The molecule has 2 atom stereocenters. The smallest absolute Gasteiger partial charge is 0.321 e. The molecule has 33 heavy (non-hydrogen) atoms. The standard InChI is InChI=1S/C27H28ClNO4/c1-18-21(9-6-10-23(18)20-7-4-3-5-8-20)17-33-26-12-11-19(13-24(26)28)15-29-16-22(32-2)14-25(29)27(30)31/h3-13,22,25H,14-17H2,1-2H3,(H,30,31). The summed E-state index contributed by atoms with van der Waals surface area (Å²) in [4.78, 5) is 13.5. The van der Waals surface area contributed by atoms with Gasteiger partial charge in [0.25, 0.3) is 0 Å². The molecule has 0 aliphatic carbocycles. The first-order chi connectivity index (χ1) is 16.0. The largest absolute Gasteiger partial charge is 0.487 e. The molecule has 1 saturated heterocycles. The molecular weight excluding hydrogens is 438 g/mol. The van der Waals surface area contributed by atoms with Gasteiger partial charge in [-0.25, -0.2) is 0 Å². The molecule has 1 aliphatic rings. The molecular formula is C27H28ClNO4. The quantitative estimate of drug-likeness (QED) is 0.471. The summed E-state index contributed by atoms with van der Waals surface area (Å²) in [6.45, 7) is 3.59. The second-order valence-corrected chi connectivity index (χ2v) is 8.79. The van der Waals surface area contributed by atoms with Crippen LogP contribution in [0.4, 0.5) is 0 Å². The van der Waals surface area contributed by atoms with E-state index in [2.05, 4.69) is 31.2 Å². The van der Waals surface area contributed by atoms with E-state index >= 15 is 0 Å². The van der Waals surface area contributed by atoms with Crippen LogP contribution in [0.5, 0.6) is 5.75 Å². The molecule has 3 aromatic carbocycles. The Hall–Kier alpha value is -2.86. The molecule has 0 bridgehead atoms. The Morgan fingerprint density at radius 2 is 1.91 bits per heavy atom. The number of nitrogens with zero attached hydrogens (tertiary/aromatic N) is 1. The number of benzene rings is 3. The maximum Gasteiger partial charge on any atom is 0.321 e. The van der Waals surface area contributed by atoms with Gasteiger partial charge in [-0.2, -0.15) is 0 Å². The Morgan fingerprint density at radius 3 is 2.61 bits per heavy atom. The predicted octanol–water partition coefficient (Wildman–Crippen LogP) is 5.57. The number of carbonyl (C=O) groups is 1. The zero-order valence-corrected chi connectivity index (χ0v) is 19.6. The monoisotopic (exact) mass is 465 g/mol. The highest BCUT2D eigenvalue weighted by Gasteiger charge is 2.36. The molecule has 1 fully saturated rings. The third kappa shape index (κ3) is 5.38. The van der Waals surface area contributed by atoms with E-state index in [9.17, 15) is 9.90 Å². The highest BCUT2D eigenvalue weighted by atomic mass is 35.5. The Morgan fingerprint density at radius 1 is 1.12 bits per heavy atom. The van der Waals surface area contributed by atoms with Crippen molar-refractivity contribution >= 4 is 17.6 Å². The number of likely N-dealkylation sites (tertiary alicyclic amines) is 1. The molecule has 0 aromatic heterocycles. The van der Waals surface area contributed by atoms with Crippen LogP contribution >= 0.6 is 11.6 Å². The topological polar surface area (TPSA) is 59.0 Å². The van der Waals surface area contributed by atoms with Gasteiger partial charge in [-0.15, -0.1) is 0 Å². The zero-order chi connectivity index (χ0) is 23.4. The van der Waals surface area contributed by atoms with Gasteiger partial charge in [-0.05, 0) is 46.9 Å². The molecule has 6 heteroatoms. The normalized spacial score (nSPS) is 18.4. The maximum absolute atomic E-state index is 11.6. The van der Waals surface area contributed by atoms with E-state index in [1.54, 1.807) is 7.11 Å². The molecule has 1 N–H and O–H groups in total. The second kappa shape index (κ2) is 10.4. The van der Waals surface area contributed by atoms with Crippen LogP contribution in [0.3, 0.4) is 0 Å². The number of aliphatic carboxylic acids is 1. The van der Waals surface area contributed by atoms with Crippen LogP contribution < -0.4 is 4.74 Å². The van der Waals surface area contributed by atoms with Gasteiger partial charge >= 0.3 is 5.97 Å². The van der Waals surface area contributed by atoms with Crippen LogP contribution in [0.1, 0.15) is 23.1 Å². The molecule has 0 radical (unpaired) electrons. The highest BCUT2D eigenvalue weighted by Crippen LogP contribution is 2.30. The van der Waals surface area contributed by atoms with Gasteiger partial charge in [0, 0.05) is 26.6 Å². The number of halogens is 1. The summed E-state index contributed by atoms with van der Waals surface area (Å²) < 4.78 is 11.4. The number of hydrogen-bond donors (Lipinski definition) is 1. The van der Waals surface area contributed by atoms with E-state index in [1.807, 2.05) is 47.4 Å². The first kappa shape index (κ1) is 23.3. The van der Waals surface area contributed by atoms with E-state index < -0.39 is 12.0 Å². The van der Waals surface area contributed by atoms with Crippen LogP contribution in [0.15, 0.2) is 66.7 Å². The Labute approximate surface area is 199 Å². The van der Waals surface area contributed by atoms with Crippen molar-refractivity contribution in [3.8, 4) is 16.9 Å². The lowest BCUT2D eigenvalue weighted by atomic mass is 9.97. The third-order valence-corrected chi connectivity index (χ3v) is 6.57. The fourth-order valence-electron chi connectivity index (χ4n) is 4.38. The van der Waals surface area contributed by atoms with Gasteiger partial charge in [0.05, 0.1) is 11.1 Å². The molecule has 1 aliphatic heterocycles. The van der Waals surface area contributed by atoms with E-state index in [0.717, 1.165) is 11.1 Å². The summed E-state index contributed by atoms with van der Waals surface area (Å²) in [7, 11) is 1.62. The number of carboxylic acids is 1. The Bertz CT molecular complexity index is 1120. The van der Waals surface area contributed by atoms with Crippen LogP contribution in [0.2, 0.25) is 5.02 Å². The first-order valence-electron chi connectivity index (χ1n) is 11.0. The highest BCUT2D eigenvalue weighted by molar-refractivity contribution is 6.32. The minimum absolute atomic E-state index is 0.0703. The lowest BCUT2D eigenvalue weighted by Crippen LogP contribution is -2.35. The number of rotatable bonds is 8. The van der Waals surface area contributed by atoms with Gasteiger partial charge < -0.3 is 14.6 Å². The van der Waals surface area contributed by atoms with Gasteiger partial charge in [0.15, 0.2) is 0 Å². The van der Waals surface area contributed by atoms with Crippen molar-refractivity contribution in [2.24, 2.45) is 0 Å². The lowest BCUT2D eigenvalue weighted by molar-refractivity contribution is -0.142. The summed E-state index contributed by atoms with van der Waals surface area (Å²) in [5.41, 5.74) is 5.58. The van der Waals surface area contributed by atoms with Crippen LogP contribution in [0, 0.1) is 6.92 Å². The summed E-state index contributed by atoms with van der Waals surface area (Å²) in [5, 5.41) is 10.0. The lowest BCUT2D eigenvalue weighted by Gasteiger charge is -2.21. The second-order valence-electron chi connectivity index (χ2n) is 8.39. The number of ether oxygens (including phenoxy) is 2. The molecule has 5 nitrogen and oxygen atoms in total. The fraction of sp³-hybridized carbons (Fsp3) is 0.296. The van der Waals surface area contributed by atoms with Crippen molar-refractivity contribution in [2.45, 2.75) is 38.6 Å². The molecule has 0 amide bonds. The summed E-state index contributed by atoms with van der Waals surface area (Å²) in [5.74, 6) is -0.218. The van der Waals surface area contributed by atoms with Crippen LogP contribution in [0.25, 0.3) is 11.1 Å². The minimum Gasteiger partial charge on any atom is -0.487 e. The van der Waals surface area contributed by atoms with Gasteiger partial charge in [0.2, 0.25) is 0 Å². The van der Waals surface area contributed by atoms with Crippen LogP contribution in [-0.2, 0) is 22.7 Å². The Balaban J connectivity index is 1.44. The van der Waals surface area contributed by atoms with Crippen molar-refractivity contribution in [3.05, 3.63) is 88.4 Å². The van der Waals surface area contributed by atoms with Gasteiger partial charge in [0.1, 0.15) is 18.4 Å². The average molecular weight is 466 g/mol. The van der Waals surface area contributed by atoms with E-state index in [-0.39, 0.29) is 6.10 Å². The minimum atomic E-state index is -0.825. The average Bonchev–Trinajstić information content (AvgIpc) is 3.23. The SMILES string of the molecule is COC1CC(C(=O)O)N(Cc2ccc(OCc3cccc(-c4ccccc4)c3C)c(Cl)c2)C1. The molecule has 2 unspecified atom stereocenters. The maximum atomic E-state index is 11.6. The number of methoxy groups -OCH3 is 1.